The van der Waals surface area contributed by atoms with Crippen molar-refractivity contribution < 1.29 is 9.90 Å². The smallest absolute Gasteiger partial charge is 0.320 e. The van der Waals surface area contributed by atoms with Gasteiger partial charge >= 0.3 is 5.97 Å². The van der Waals surface area contributed by atoms with Gasteiger partial charge in [-0.05, 0) is 42.2 Å². The highest BCUT2D eigenvalue weighted by molar-refractivity contribution is 9.10. The van der Waals surface area contributed by atoms with Crippen LogP contribution in [0.4, 0.5) is 0 Å². The molecule has 2 aromatic carbocycles. The van der Waals surface area contributed by atoms with Crippen LogP contribution >= 0.6 is 15.9 Å². The van der Waals surface area contributed by atoms with Crippen LogP contribution < -0.4 is 0 Å². The van der Waals surface area contributed by atoms with Crippen LogP contribution in [0.3, 0.4) is 0 Å². The van der Waals surface area contributed by atoms with Gasteiger partial charge in [0.05, 0.1) is 11.6 Å². The molecule has 3 aromatic rings. The molecule has 2 unspecified atom stereocenters. The SMILES string of the molecule is O=C(O)C1CCCN1C(c1ccccc1Br)c1ccnc2ccccc12. The lowest BCUT2D eigenvalue weighted by molar-refractivity contribution is -0.142. The van der Waals surface area contributed by atoms with Gasteiger partial charge in [-0.3, -0.25) is 14.7 Å². The van der Waals surface area contributed by atoms with Crippen LogP contribution in [0, 0.1) is 0 Å². The molecule has 5 heteroatoms. The molecule has 4 rings (SSSR count). The van der Waals surface area contributed by atoms with Crippen LogP contribution in [-0.2, 0) is 4.79 Å². The maximum atomic E-state index is 11.9. The van der Waals surface area contributed by atoms with E-state index in [9.17, 15) is 9.90 Å². The minimum Gasteiger partial charge on any atom is -0.480 e. The minimum atomic E-state index is -0.752. The molecule has 132 valence electrons. The van der Waals surface area contributed by atoms with E-state index in [0.29, 0.717) is 6.42 Å². The van der Waals surface area contributed by atoms with E-state index in [2.05, 4.69) is 37.9 Å². The Morgan fingerprint density at radius 3 is 2.69 bits per heavy atom. The van der Waals surface area contributed by atoms with Gasteiger partial charge in [0.1, 0.15) is 6.04 Å². The average Bonchev–Trinajstić information content (AvgIpc) is 3.13. The number of para-hydroxylation sites is 1. The number of aromatic nitrogens is 1. The Labute approximate surface area is 160 Å². The molecule has 1 N–H and O–H groups in total. The fourth-order valence-corrected chi connectivity index (χ4v) is 4.44. The van der Waals surface area contributed by atoms with Crippen LogP contribution in [0.2, 0.25) is 0 Å². The Kier molecular flexibility index (Phi) is 4.74. The van der Waals surface area contributed by atoms with Crippen LogP contribution in [0.1, 0.15) is 30.0 Å². The summed E-state index contributed by atoms with van der Waals surface area (Å²) >= 11 is 3.67. The van der Waals surface area contributed by atoms with Crippen molar-refractivity contribution in [1.29, 1.82) is 0 Å². The van der Waals surface area contributed by atoms with Gasteiger partial charge in [0.25, 0.3) is 0 Å². The number of fused-ring (bicyclic) bond motifs is 1. The van der Waals surface area contributed by atoms with E-state index in [1.807, 2.05) is 48.7 Å². The zero-order valence-electron chi connectivity index (χ0n) is 14.2. The second-order valence-electron chi connectivity index (χ2n) is 6.58. The zero-order chi connectivity index (χ0) is 18.1. The maximum Gasteiger partial charge on any atom is 0.320 e. The summed E-state index contributed by atoms with van der Waals surface area (Å²) in [7, 11) is 0. The normalized spacial score (nSPS) is 18.9. The van der Waals surface area contributed by atoms with Crippen molar-refractivity contribution in [1.82, 2.24) is 9.88 Å². The van der Waals surface area contributed by atoms with Crippen LogP contribution in [0.15, 0.2) is 65.3 Å². The molecule has 1 aromatic heterocycles. The van der Waals surface area contributed by atoms with E-state index in [0.717, 1.165) is 39.5 Å². The van der Waals surface area contributed by atoms with Gasteiger partial charge in [-0.2, -0.15) is 0 Å². The average molecular weight is 411 g/mol. The van der Waals surface area contributed by atoms with Gasteiger partial charge in [-0.25, -0.2) is 0 Å². The number of carbonyl (C=O) groups is 1. The highest BCUT2D eigenvalue weighted by atomic mass is 79.9. The van der Waals surface area contributed by atoms with Crippen molar-refractivity contribution in [3.63, 3.8) is 0 Å². The van der Waals surface area contributed by atoms with Gasteiger partial charge in [0, 0.05) is 22.6 Å². The van der Waals surface area contributed by atoms with Crippen LogP contribution in [-0.4, -0.2) is 33.5 Å². The number of aliphatic carboxylic acids is 1. The fraction of sp³-hybridized carbons (Fsp3) is 0.238. The number of pyridine rings is 1. The molecule has 2 heterocycles. The zero-order valence-corrected chi connectivity index (χ0v) is 15.8. The lowest BCUT2D eigenvalue weighted by Gasteiger charge is -2.33. The lowest BCUT2D eigenvalue weighted by Crippen LogP contribution is -2.39. The molecule has 0 amide bonds. The molecular weight excluding hydrogens is 392 g/mol. The highest BCUT2D eigenvalue weighted by Crippen LogP contribution is 2.40. The number of hydrogen-bond donors (Lipinski definition) is 1. The number of nitrogens with zero attached hydrogens (tertiary/aromatic N) is 2. The molecule has 0 bridgehead atoms. The quantitative estimate of drug-likeness (QED) is 0.680. The summed E-state index contributed by atoms with van der Waals surface area (Å²) in [6.45, 7) is 0.764. The summed E-state index contributed by atoms with van der Waals surface area (Å²) in [6, 6.07) is 17.5. The predicted molar refractivity (Wildman–Crippen MR) is 105 cm³/mol. The van der Waals surface area contributed by atoms with E-state index in [1.54, 1.807) is 0 Å². The first-order valence-electron chi connectivity index (χ1n) is 8.73. The monoisotopic (exact) mass is 410 g/mol. The first kappa shape index (κ1) is 17.2. The molecule has 26 heavy (non-hydrogen) atoms. The number of carboxylic acid groups (broad SMARTS) is 1. The number of hydrogen-bond acceptors (Lipinski definition) is 3. The Bertz CT molecular complexity index is 954. The maximum absolute atomic E-state index is 11.9. The standard InChI is InChI=1S/C21H19BrN2O2/c22-17-8-3-1-7-16(17)20(24-13-5-10-19(24)21(25)26)15-11-12-23-18-9-4-2-6-14(15)18/h1-4,6-9,11-12,19-20H,5,10,13H2,(H,25,26). The van der Waals surface area contributed by atoms with Crippen LogP contribution in [0.5, 0.6) is 0 Å². The largest absolute Gasteiger partial charge is 0.480 e. The minimum absolute atomic E-state index is 0.137. The molecule has 1 aliphatic rings. The van der Waals surface area contributed by atoms with E-state index < -0.39 is 12.0 Å². The van der Waals surface area contributed by atoms with Crippen LogP contribution in [0.25, 0.3) is 10.9 Å². The Morgan fingerprint density at radius 1 is 1.12 bits per heavy atom. The summed E-state index contributed by atoms with van der Waals surface area (Å²) in [5.41, 5.74) is 3.10. The van der Waals surface area contributed by atoms with Crippen molar-refractivity contribution in [2.45, 2.75) is 24.9 Å². The third-order valence-corrected chi connectivity index (χ3v) is 5.81. The Morgan fingerprint density at radius 2 is 1.88 bits per heavy atom. The summed E-state index contributed by atoms with van der Waals surface area (Å²) in [4.78, 5) is 18.5. The predicted octanol–water partition coefficient (Wildman–Crippen LogP) is 4.64. The van der Waals surface area contributed by atoms with Gasteiger partial charge in [-0.1, -0.05) is 52.3 Å². The van der Waals surface area contributed by atoms with E-state index in [-0.39, 0.29) is 6.04 Å². The summed E-state index contributed by atoms with van der Waals surface area (Å²) in [6.07, 6.45) is 3.38. The third kappa shape index (κ3) is 3.02. The molecule has 1 aliphatic heterocycles. The fourth-order valence-electron chi connectivity index (χ4n) is 3.94. The lowest BCUT2D eigenvalue weighted by atomic mass is 9.93. The first-order valence-corrected chi connectivity index (χ1v) is 9.53. The van der Waals surface area contributed by atoms with Crippen molar-refractivity contribution in [2.75, 3.05) is 6.54 Å². The van der Waals surface area contributed by atoms with E-state index >= 15 is 0 Å². The molecule has 0 aliphatic carbocycles. The summed E-state index contributed by atoms with van der Waals surface area (Å²) < 4.78 is 0.988. The summed E-state index contributed by atoms with van der Waals surface area (Å²) in [5.74, 6) is -0.752. The molecular formula is C21H19BrN2O2. The number of likely N-dealkylation sites (tertiary alicyclic amines) is 1. The Hall–Kier alpha value is -2.24. The van der Waals surface area contributed by atoms with Gasteiger partial charge in [-0.15, -0.1) is 0 Å². The molecule has 1 fully saturated rings. The highest BCUT2D eigenvalue weighted by Gasteiger charge is 2.38. The second-order valence-corrected chi connectivity index (χ2v) is 7.43. The molecule has 0 saturated carbocycles. The second kappa shape index (κ2) is 7.17. The van der Waals surface area contributed by atoms with E-state index in [4.69, 9.17) is 0 Å². The molecule has 0 spiro atoms. The van der Waals surface area contributed by atoms with Crippen molar-refractivity contribution in [2.24, 2.45) is 0 Å². The van der Waals surface area contributed by atoms with Crippen molar-refractivity contribution in [3.8, 4) is 0 Å². The molecule has 2 atom stereocenters. The molecule has 0 radical (unpaired) electrons. The Balaban J connectivity index is 1.94. The van der Waals surface area contributed by atoms with Gasteiger partial charge in [0.2, 0.25) is 0 Å². The first-order chi connectivity index (χ1) is 12.7. The van der Waals surface area contributed by atoms with Gasteiger partial charge < -0.3 is 5.11 Å². The van der Waals surface area contributed by atoms with Crippen molar-refractivity contribution >= 4 is 32.8 Å². The molecule has 1 saturated heterocycles. The number of benzene rings is 2. The third-order valence-electron chi connectivity index (χ3n) is 5.09. The summed E-state index contributed by atoms with van der Waals surface area (Å²) in [5, 5.41) is 10.8. The van der Waals surface area contributed by atoms with Crippen molar-refractivity contribution in [3.05, 3.63) is 76.4 Å². The molecule has 4 nitrogen and oxygen atoms in total. The van der Waals surface area contributed by atoms with E-state index in [1.165, 1.54) is 0 Å². The number of carboxylic acids is 1. The number of rotatable bonds is 4. The topological polar surface area (TPSA) is 53.4 Å². The number of halogens is 1. The van der Waals surface area contributed by atoms with Gasteiger partial charge in [0.15, 0.2) is 0 Å².